The lowest BCUT2D eigenvalue weighted by atomic mass is 10.1. The van der Waals surface area contributed by atoms with Crippen LogP contribution in [0.3, 0.4) is 0 Å². The number of benzene rings is 1. The first kappa shape index (κ1) is 11.7. The summed E-state index contributed by atoms with van der Waals surface area (Å²) >= 11 is 0. The summed E-state index contributed by atoms with van der Waals surface area (Å²) in [5.74, 6) is 1.12. The van der Waals surface area contributed by atoms with Crippen LogP contribution in [0.1, 0.15) is 22.6 Å². The fraction of sp³-hybridized carbons (Fsp3) is 0.308. The molecule has 0 saturated heterocycles. The highest BCUT2D eigenvalue weighted by molar-refractivity contribution is 5.35. The molecule has 2 aromatic rings. The fourth-order valence-corrected chi connectivity index (χ4v) is 1.68. The number of hydrogen-bond donors (Lipinski definition) is 2. The second-order valence-electron chi connectivity index (χ2n) is 4.16. The minimum Gasteiger partial charge on any atom is -0.508 e. The van der Waals surface area contributed by atoms with Crippen molar-refractivity contribution in [1.82, 2.24) is 10.5 Å². The zero-order valence-corrected chi connectivity index (χ0v) is 10.0. The number of nitrogens with zero attached hydrogens (tertiary/aromatic N) is 1. The predicted molar refractivity (Wildman–Crippen MR) is 64.6 cm³/mol. The number of rotatable bonds is 4. The van der Waals surface area contributed by atoms with Gasteiger partial charge in [-0.2, -0.15) is 0 Å². The molecule has 0 spiro atoms. The normalized spacial score (nSPS) is 10.7. The first-order valence-electron chi connectivity index (χ1n) is 5.56. The molecule has 0 bridgehead atoms. The van der Waals surface area contributed by atoms with E-state index in [4.69, 9.17) is 4.52 Å². The van der Waals surface area contributed by atoms with Crippen LogP contribution in [0, 0.1) is 13.8 Å². The predicted octanol–water partition coefficient (Wildman–Crippen LogP) is 2.29. The van der Waals surface area contributed by atoms with Crippen LogP contribution in [-0.2, 0) is 13.1 Å². The Morgan fingerprint density at radius 2 is 2.06 bits per heavy atom. The standard InChI is InChI=1S/C13H16N2O2/c1-9-3-4-13(16)11(5-9)7-14-8-12-6-10(2)17-15-12/h3-6,14,16H,7-8H2,1-2H3. The number of hydrogen-bond acceptors (Lipinski definition) is 4. The summed E-state index contributed by atoms with van der Waals surface area (Å²) in [5, 5.41) is 16.8. The van der Waals surface area contributed by atoms with Gasteiger partial charge >= 0.3 is 0 Å². The number of phenolic OH excluding ortho intramolecular Hbond substituents is 1. The van der Waals surface area contributed by atoms with Gasteiger partial charge in [-0.1, -0.05) is 22.9 Å². The Morgan fingerprint density at radius 3 is 2.76 bits per heavy atom. The van der Waals surface area contributed by atoms with Crippen molar-refractivity contribution in [3.05, 3.63) is 46.8 Å². The van der Waals surface area contributed by atoms with Crippen molar-refractivity contribution in [2.45, 2.75) is 26.9 Å². The second kappa shape index (κ2) is 5.01. The lowest BCUT2D eigenvalue weighted by Gasteiger charge is -2.06. The monoisotopic (exact) mass is 232 g/mol. The number of aryl methyl sites for hydroxylation is 2. The van der Waals surface area contributed by atoms with E-state index in [0.29, 0.717) is 18.8 Å². The minimum absolute atomic E-state index is 0.319. The van der Waals surface area contributed by atoms with Gasteiger partial charge in [0.25, 0.3) is 0 Å². The van der Waals surface area contributed by atoms with Crippen LogP contribution < -0.4 is 5.32 Å². The van der Waals surface area contributed by atoms with E-state index in [0.717, 1.165) is 22.6 Å². The summed E-state index contributed by atoms with van der Waals surface area (Å²) in [7, 11) is 0. The van der Waals surface area contributed by atoms with Crippen LogP contribution in [0.5, 0.6) is 5.75 Å². The molecule has 0 atom stereocenters. The van der Waals surface area contributed by atoms with Crippen LogP contribution in [-0.4, -0.2) is 10.3 Å². The maximum absolute atomic E-state index is 9.66. The molecular formula is C13H16N2O2. The summed E-state index contributed by atoms with van der Waals surface area (Å²) in [4.78, 5) is 0. The van der Waals surface area contributed by atoms with Gasteiger partial charge in [0.1, 0.15) is 11.5 Å². The third-order valence-electron chi connectivity index (χ3n) is 2.53. The molecule has 0 saturated carbocycles. The highest BCUT2D eigenvalue weighted by Gasteiger charge is 2.03. The van der Waals surface area contributed by atoms with Crippen molar-refractivity contribution in [1.29, 1.82) is 0 Å². The third kappa shape index (κ3) is 3.07. The lowest BCUT2D eigenvalue weighted by molar-refractivity contribution is 0.388. The quantitative estimate of drug-likeness (QED) is 0.849. The van der Waals surface area contributed by atoms with Gasteiger partial charge in [-0.05, 0) is 19.9 Å². The molecular weight excluding hydrogens is 216 g/mol. The van der Waals surface area contributed by atoms with Crippen LogP contribution in [0.4, 0.5) is 0 Å². The Labute approximate surface area is 100 Å². The van der Waals surface area contributed by atoms with Crippen molar-refractivity contribution in [2.24, 2.45) is 0 Å². The van der Waals surface area contributed by atoms with E-state index in [1.165, 1.54) is 0 Å². The first-order valence-corrected chi connectivity index (χ1v) is 5.56. The minimum atomic E-state index is 0.319. The molecule has 4 nitrogen and oxygen atoms in total. The lowest BCUT2D eigenvalue weighted by Crippen LogP contribution is -2.13. The Hall–Kier alpha value is -1.81. The van der Waals surface area contributed by atoms with Gasteiger partial charge in [-0.3, -0.25) is 0 Å². The molecule has 4 heteroatoms. The molecule has 2 rings (SSSR count). The number of nitrogens with one attached hydrogen (secondary N) is 1. The summed E-state index contributed by atoms with van der Waals surface area (Å²) in [6.07, 6.45) is 0. The van der Waals surface area contributed by atoms with Crippen LogP contribution >= 0.6 is 0 Å². The second-order valence-corrected chi connectivity index (χ2v) is 4.16. The Balaban J connectivity index is 1.91. The van der Waals surface area contributed by atoms with E-state index in [1.807, 2.05) is 32.0 Å². The van der Waals surface area contributed by atoms with E-state index in [1.54, 1.807) is 6.07 Å². The van der Waals surface area contributed by atoms with Gasteiger partial charge in [0.2, 0.25) is 0 Å². The molecule has 0 aliphatic heterocycles. The molecule has 1 aromatic carbocycles. The van der Waals surface area contributed by atoms with Crippen molar-refractivity contribution < 1.29 is 9.63 Å². The van der Waals surface area contributed by atoms with Crippen LogP contribution in [0.2, 0.25) is 0 Å². The Kier molecular flexibility index (Phi) is 3.44. The zero-order valence-electron chi connectivity index (χ0n) is 10.0. The molecule has 0 aliphatic rings. The van der Waals surface area contributed by atoms with E-state index < -0.39 is 0 Å². The largest absolute Gasteiger partial charge is 0.508 e. The number of aromatic nitrogens is 1. The van der Waals surface area contributed by atoms with Gasteiger partial charge in [0.05, 0.1) is 5.69 Å². The SMILES string of the molecule is Cc1ccc(O)c(CNCc2cc(C)on2)c1. The highest BCUT2D eigenvalue weighted by Crippen LogP contribution is 2.17. The van der Waals surface area contributed by atoms with Crippen molar-refractivity contribution in [2.75, 3.05) is 0 Å². The van der Waals surface area contributed by atoms with Gasteiger partial charge in [0.15, 0.2) is 0 Å². The number of aromatic hydroxyl groups is 1. The maximum atomic E-state index is 9.66. The van der Waals surface area contributed by atoms with E-state index >= 15 is 0 Å². The summed E-state index contributed by atoms with van der Waals surface area (Å²) in [5.41, 5.74) is 2.90. The van der Waals surface area contributed by atoms with Crippen LogP contribution in [0.25, 0.3) is 0 Å². The molecule has 0 radical (unpaired) electrons. The van der Waals surface area contributed by atoms with Crippen molar-refractivity contribution in [3.63, 3.8) is 0 Å². The van der Waals surface area contributed by atoms with Crippen LogP contribution in [0.15, 0.2) is 28.8 Å². The average Bonchev–Trinajstić information content (AvgIpc) is 2.69. The fourth-order valence-electron chi connectivity index (χ4n) is 1.68. The molecule has 0 unspecified atom stereocenters. The highest BCUT2D eigenvalue weighted by atomic mass is 16.5. The number of phenols is 1. The molecule has 90 valence electrons. The Bertz CT molecular complexity index is 506. The van der Waals surface area contributed by atoms with Gasteiger partial charge in [-0.15, -0.1) is 0 Å². The molecule has 1 aromatic heterocycles. The van der Waals surface area contributed by atoms with Crippen molar-refractivity contribution in [3.8, 4) is 5.75 Å². The molecule has 17 heavy (non-hydrogen) atoms. The molecule has 1 heterocycles. The summed E-state index contributed by atoms with van der Waals surface area (Å²) in [6.45, 7) is 5.11. The zero-order chi connectivity index (χ0) is 12.3. The molecule has 0 fully saturated rings. The summed E-state index contributed by atoms with van der Waals surface area (Å²) in [6, 6.07) is 7.46. The van der Waals surface area contributed by atoms with Crippen molar-refractivity contribution >= 4 is 0 Å². The first-order chi connectivity index (χ1) is 8.15. The maximum Gasteiger partial charge on any atom is 0.133 e. The third-order valence-corrected chi connectivity index (χ3v) is 2.53. The van der Waals surface area contributed by atoms with E-state index in [9.17, 15) is 5.11 Å². The average molecular weight is 232 g/mol. The van der Waals surface area contributed by atoms with Gasteiger partial charge in [-0.25, -0.2) is 0 Å². The van der Waals surface area contributed by atoms with Gasteiger partial charge in [0, 0.05) is 24.7 Å². The smallest absolute Gasteiger partial charge is 0.133 e. The summed E-state index contributed by atoms with van der Waals surface area (Å²) < 4.78 is 4.97. The molecule has 0 amide bonds. The van der Waals surface area contributed by atoms with Gasteiger partial charge < -0.3 is 14.9 Å². The van der Waals surface area contributed by atoms with E-state index in [-0.39, 0.29) is 0 Å². The molecule has 0 aliphatic carbocycles. The Morgan fingerprint density at radius 1 is 1.24 bits per heavy atom. The molecule has 2 N–H and O–H groups in total. The van der Waals surface area contributed by atoms with E-state index in [2.05, 4.69) is 10.5 Å². The topological polar surface area (TPSA) is 58.3 Å².